The number of carbonyl (C=O) groups excluding carboxylic acids is 2. The number of aliphatic hydroxyl groups is 1. The molecule has 5 nitrogen and oxygen atoms in total. The quantitative estimate of drug-likeness (QED) is 0.705. The Morgan fingerprint density at radius 3 is 2.76 bits per heavy atom. The van der Waals surface area contributed by atoms with Gasteiger partial charge in [-0.1, -0.05) is 11.8 Å². The highest BCUT2D eigenvalue weighted by molar-refractivity contribution is 5.94. The third kappa shape index (κ3) is 4.62. The molecule has 1 heterocycles. The standard InChI is InChI=1S/C16H18N2O3/c19-10-2-1-3-12-4-6-13(7-5-12)16(21)18-14-8-9-15(20)17-11-14/h4-7,14,19H,2,8-11H2,(H,17,20)(H,18,21). The second kappa shape index (κ2) is 7.46. The van der Waals surface area contributed by atoms with Gasteiger partial charge < -0.3 is 15.7 Å². The van der Waals surface area contributed by atoms with Gasteiger partial charge in [0.05, 0.1) is 6.61 Å². The SMILES string of the molecule is O=C1CCC(NC(=O)c2ccc(C#CCCO)cc2)CN1. The Bertz CT molecular complexity index is 559. The Labute approximate surface area is 123 Å². The Morgan fingerprint density at radius 2 is 2.14 bits per heavy atom. The molecule has 110 valence electrons. The van der Waals surface area contributed by atoms with Gasteiger partial charge in [-0.15, -0.1) is 0 Å². The minimum atomic E-state index is -0.147. The van der Waals surface area contributed by atoms with E-state index in [-0.39, 0.29) is 24.5 Å². The molecule has 1 aromatic rings. The van der Waals surface area contributed by atoms with Crippen molar-refractivity contribution < 1.29 is 14.7 Å². The van der Waals surface area contributed by atoms with E-state index in [4.69, 9.17) is 5.11 Å². The van der Waals surface area contributed by atoms with E-state index in [1.165, 1.54) is 0 Å². The lowest BCUT2D eigenvalue weighted by Gasteiger charge is -2.23. The number of rotatable bonds is 3. The summed E-state index contributed by atoms with van der Waals surface area (Å²) >= 11 is 0. The van der Waals surface area contributed by atoms with Crippen LogP contribution < -0.4 is 10.6 Å². The zero-order valence-electron chi connectivity index (χ0n) is 11.7. The van der Waals surface area contributed by atoms with Crippen LogP contribution in [0, 0.1) is 11.8 Å². The van der Waals surface area contributed by atoms with Gasteiger partial charge in [-0.25, -0.2) is 0 Å². The molecule has 2 amide bonds. The first kappa shape index (κ1) is 15.1. The Morgan fingerprint density at radius 1 is 1.38 bits per heavy atom. The molecule has 1 atom stereocenters. The summed E-state index contributed by atoms with van der Waals surface area (Å²) in [6.07, 6.45) is 1.56. The monoisotopic (exact) mass is 286 g/mol. The first-order chi connectivity index (χ1) is 10.2. The minimum Gasteiger partial charge on any atom is -0.395 e. The van der Waals surface area contributed by atoms with Gasteiger partial charge in [-0.2, -0.15) is 0 Å². The maximum atomic E-state index is 12.1. The van der Waals surface area contributed by atoms with Crippen LogP contribution in [0.4, 0.5) is 0 Å². The molecule has 0 aromatic heterocycles. The van der Waals surface area contributed by atoms with Crippen molar-refractivity contribution in [2.45, 2.75) is 25.3 Å². The fraction of sp³-hybridized carbons (Fsp3) is 0.375. The van der Waals surface area contributed by atoms with Crippen LogP contribution in [0.1, 0.15) is 35.2 Å². The first-order valence-electron chi connectivity index (χ1n) is 6.96. The molecule has 1 unspecified atom stereocenters. The van der Waals surface area contributed by atoms with E-state index in [0.29, 0.717) is 31.4 Å². The Kier molecular flexibility index (Phi) is 5.35. The predicted molar refractivity (Wildman–Crippen MR) is 78.5 cm³/mol. The number of aliphatic hydroxyl groups excluding tert-OH is 1. The third-order valence-corrected chi connectivity index (χ3v) is 3.22. The summed E-state index contributed by atoms with van der Waals surface area (Å²) in [5.74, 6) is 5.62. The minimum absolute atomic E-state index is 0.0146. The van der Waals surface area contributed by atoms with Gasteiger partial charge in [0.1, 0.15) is 0 Å². The smallest absolute Gasteiger partial charge is 0.251 e. The normalized spacial score (nSPS) is 17.4. The molecule has 0 spiro atoms. The van der Waals surface area contributed by atoms with E-state index >= 15 is 0 Å². The van der Waals surface area contributed by atoms with Gasteiger partial charge in [0, 0.05) is 36.6 Å². The molecule has 3 N–H and O–H groups in total. The van der Waals surface area contributed by atoms with Crippen LogP contribution in [0.25, 0.3) is 0 Å². The maximum Gasteiger partial charge on any atom is 0.251 e. The van der Waals surface area contributed by atoms with Crippen molar-refractivity contribution >= 4 is 11.8 Å². The van der Waals surface area contributed by atoms with Crippen molar-refractivity contribution in [1.29, 1.82) is 0 Å². The number of amides is 2. The highest BCUT2D eigenvalue weighted by atomic mass is 16.2. The van der Waals surface area contributed by atoms with Crippen LogP contribution in [0.2, 0.25) is 0 Å². The van der Waals surface area contributed by atoms with E-state index < -0.39 is 0 Å². The average molecular weight is 286 g/mol. The molecule has 2 rings (SSSR count). The van der Waals surface area contributed by atoms with E-state index in [2.05, 4.69) is 22.5 Å². The largest absolute Gasteiger partial charge is 0.395 e. The summed E-state index contributed by atoms with van der Waals surface area (Å²) in [4.78, 5) is 23.1. The van der Waals surface area contributed by atoms with Gasteiger partial charge in [0.15, 0.2) is 0 Å². The van der Waals surface area contributed by atoms with Crippen LogP contribution >= 0.6 is 0 Å². The summed E-state index contributed by atoms with van der Waals surface area (Å²) < 4.78 is 0. The molecule has 5 heteroatoms. The molecular formula is C16H18N2O3. The van der Waals surface area contributed by atoms with Gasteiger partial charge >= 0.3 is 0 Å². The summed E-state index contributed by atoms with van der Waals surface area (Å²) in [7, 11) is 0. The Balaban J connectivity index is 1.91. The second-order valence-electron chi connectivity index (χ2n) is 4.87. The summed E-state index contributed by atoms with van der Waals surface area (Å²) in [5.41, 5.74) is 1.38. The molecule has 0 bridgehead atoms. The number of benzene rings is 1. The Hall–Kier alpha value is -2.32. The topological polar surface area (TPSA) is 78.4 Å². The van der Waals surface area contributed by atoms with Crippen molar-refractivity contribution in [3.05, 3.63) is 35.4 Å². The number of carbonyl (C=O) groups is 2. The number of hydrogen-bond acceptors (Lipinski definition) is 3. The van der Waals surface area contributed by atoms with E-state index in [1.807, 2.05) is 0 Å². The molecule has 0 aliphatic carbocycles. The number of hydrogen-bond donors (Lipinski definition) is 3. The van der Waals surface area contributed by atoms with Gasteiger partial charge in [0.25, 0.3) is 5.91 Å². The molecule has 1 saturated heterocycles. The predicted octanol–water partition coefficient (Wildman–Crippen LogP) is 0.429. The zero-order chi connectivity index (χ0) is 15.1. The zero-order valence-corrected chi connectivity index (χ0v) is 11.7. The molecule has 0 radical (unpaired) electrons. The molecule has 0 saturated carbocycles. The van der Waals surface area contributed by atoms with Crippen LogP contribution in [-0.4, -0.2) is 36.1 Å². The summed E-state index contributed by atoms with van der Waals surface area (Å²) in [6, 6.07) is 6.99. The average Bonchev–Trinajstić information content (AvgIpc) is 2.50. The maximum absolute atomic E-state index is 12.1. The fourth-order valence-electron chi connectivity index (χ4n) is 2.05. The highest BCUT2D eigenvalue weighted by Crippen LogP contribution is 2.07. The fourth-order valence-corrected chi connectivity index (χ4v) is 2.05. The van der Waals surface area contributed by atoms with Crippen LogP contribution in [0.15, 0.2) is 24.3 Å². The summed E-state index contributed by atoms with van der Waals surface area (Å²) in [6.45, 7) is 0.528. The van der Waals surface area contributed by atoms with Crippen molar-refractivity contribution in [1.82, 2.24) is 10.6 Å². The van der Waals surface area contributed by atoms with Crippen LogP contribution in [-0.2, 0) is 4.79 Å². The van der Waals surface area contributed by atoms with Gasteiger partial charge in [-0.3, -0.25) is 9.59 Å². The van der Waals surface area contributed by atoms with Crippen molar-refractivity contribution in [3.8, 4) is 11.8 Å². The third-order valence-electron chi connectivity index (χ3n) is 3.22. The van der Waals surface area contributed by atoms with E-state index in [9.17, 15) is 9.59 Å². The van der Waals surface area contributed by atoms with Gasteiger partial charge in [0.2, 0.25) is 5.91 Å². The number of nitrogens with one attached hydrogen (secondary N) is 2. The van der Waals surface area contributed by atoms with Crippen molar-refractivity contribution in [2.24, 2.45) is 0 Å². The van der Waals surface area contributed by atoms with E-state index in [1.54, 1.807) is 24.3 Å². The molecular weight excluding hydrogens is 268 g/mol. The molecule has 1 aliphatic heterocycles. The molecule has 1 aliphatic rings. The van der Waals surface area contributed by atoms with Crippen LogP contribution in [0.3, 0.4) is 0 Å². The van der Waals surface area contributed by atoms with Crippen molar-refractivity contribution in [3.63, 3.8) is 0 Å². The van der Waals surface area contributed by atoms with Crippen LogP contribution in [0.5, 0.6) is 0 Å². The second-order valence-corrected chi connectivity index (χ2v) is 4.87. The van der Waals surface area contributed by atoms with E-state index in [0.717, 1.165) is 5.56 Å². The number of piperidine rings is 1. The van der Waals surface area contributed by atoms with Crippen molar-refractivity contribution in [2.75, 3.05) is 13.2 Å². The lowest BCUT2D eigenvalue weighted by Crippen LogP contribution is -2.47. The molecule has 1 aromatic carbocycles. The summed E-state index contributed by atoms with van der Waals surface area (Å²) in [5, 5.41) is 14.3. The molecule has 21 heavy (non-hydrogen) atoms. The molecule has 1 fully saturated rings. The lowest BCUT2D eigenvalue weighted by molar-refractivity contribution is -0.122. The lowest BCUT2D eigenvalue weighted by atomic mass is 10.1. The first-order valence-corrected chi connectivity index (χ1v) is 6.96. The van der Waals surface area contributed by atoms with Gasteiger partial charge in [-0.05, 0) is 30.7 Å². The highest BCUT2D eigenvalue weighted by Gasteiger charge is 2.19.